The smallest absolute Gasteiger partial charge is 0.123 e. The number of hydrogen-bond donors (Lipinski definition) is 1. The predicted molar refractivity (Wildman–Crippen MR) is 93.6 cm³/mol. The molecule has 1 aromatic carbocycles. The number of nitrogens with zero attached hydrogens (tertiary/aromatic N) is 3. The lowest BCUT2D eigenvalue weighted by Crippen LogP contribution is -2.55. The molecule has 3 rings (SSSR count). The first kappa shape index (κ1) is 16.7. The summed E-state index contributed by atoms with van der Waals surface area (Å²) in [5.74, 6) is -0.160. The van der Waals surface area contributed by atoms with Crippen molar-refractivity contribution in [2.24, 2.45) is 0 Å². The summed E-state index contributed by atoms with van der Waals surface area (Å²) < 4.78 is 13.0. The van der Waals surface area contributed by atoms with E-state index in [1.807, 2.05) is 12.1 Å². The second-order valence-corrected chi connectivity index (χ2v) is 7.04. The van der Waals surface area contributed by atoms with Gasteiger partial charge in [0.2, 0.25) is 0 Å². The van der Waals surface area contributed by atoms with Crippen molar-refractivity contribution in [3.05, 3.63) is 30.1 Å². The number of rotatable bonds is 4. The highest BCUT2D eigenvalue weighted by Gasteiger charge is 2.24. The molecular formula is C18H29FN4. The first-order valence-electron chi connectivity index (χ1n) is 8.74. The van der Waals surface area contributed by atoms with Crippen molar-refractivity contribution in [1.29, 1.82) is 0 Å². The van der Waals surface area contributed by atoms with Gasteiger partial charge in [0.05, 0.1) is 0 Å². The summed E-state index contributed by atoms with van der Waals surface area (Å²) in [6.07, 6.45) is 2.31. The fourth-order valence-corrected chi connectivity index (χ4v) is 3.62. The summed E-state index contributed by atoms with van der Waals surface area (Å²) in [5, 5.41) is 3.77. The maximum atomic E-state index is 13.0. The van der Waals surface area contributed by atoms with Crippen molar-refractivity contribution in [2.75, 3.05) is 58.3 Å². The van der Waals surface area contributed by atoms with Crippen LogP contribution in [0.25, 0.3) is 0 Å². The largest absolute Gasteiger partial charge is 0.371 e. The molecule has 0 amide bonds. The SMILES string of the molecule is CN1CCN(C)C(CNC2CCN(c3ccc(F)cc3)CC2)C1. The van der Waals surface area contributed by atoms with E-state index in [4.69, 9.17) is 0 Å². The van der Waals surface area contributed by atoms with E-state index in [0.29, 0.717) is 12.1 Å². The highest BCUT2D eigenvalue weighted by molar-refractivity contribution is 5.46. The maximum Gasteiger partial charge on any atom is 0.123 e. The number of halogens is 1. The molecule has 1 aromatic rings. The van der Waals surface area contributed by atoms with E-state index < -0.39 is 0 Å². The van der Waals surface area contributed by atoms with Gasteiger partial charge in [-0.25, -0.2) is 4.39 Å². The Balaban J connectivity index is 1.43. The monoisotopic (exact) mass is 320 g/mol. The number of anilines is 1. The summed E-state index contributed by atoms with van der Waals surface area (Å²) >= 11 is 0. The first-order chi connectivity index (χ1) is 11.1. The molecule has 0 aromatic heterocycles. The molecule has 2 heterocycles. The van der Waals surface area contributed by atoms with Gasteiger partial charge in [-0.1, -0.05) is 0 Å². The van der Waals surface area contributed by atoms with Crippen molar-refractivity contribution in [3.63, 3.8) is 0 Å². The zero-order valence-corrected chi connectivity index (χ0v) is 14.3. The molecule has 2 aliphatic rings. The van der Waals surface area contributed by atoms with Crippen LogP contribution >= 0.6 is 0 Å². The molecule has 0 spiro atoms. The Morgan fingerprint density at radius 2 is 1.74 bits per heavy atom. The molecule has 1 unspecified atom stereocenters. The van der Waals surface area contributed by atoms with E-state index in [1.54, 1.807) is 12.1 Å². The van der Waals surface area contributed by atoms with Gasteiger partial charge < -0.3 is 15.1 Å². The lowest BCUT2D eigenvalue weighted by Gasteiger charge is -2.39. The summed E-state index contributed by atoms with van der Waals surface area (Å²) in [4.78, 5) is 7.25. The minimum atomic E-state index is -0.160. The minimum Gasteiger partial charge on any atom is -0.371 e. The Morgan fingerprint density at radius 1 is 1.04 bits per heavy atom. The molecule has 1 N–H and O–H groups in total. The lowest BCUT2D eigenvalue weighted by atomic mass is 10.0. The quantitative estimate of drug-likeness (QED) is 0.910. The van der Waals surface area contributed by atoms with E-state index in [9.17, 15) is 4.39 Å². The van der Waals surface area contributed by atoms with Crippen LogP contribution in [0.3, 0.4) is 0 Å². The van der Waals surface area contributed by atoms with Crippen LogP contribution in [0, 0.1) is 5.82 Å². The predicted octanol–water partition coefficient (Wildman–Crippen LogP) is 1.63. The molecular weight excluding hydrogens is 291 g/mol. The Labute approximate surface area is 139 Å². The Hall–Kier alpha value is -1.17. The van der Waals surface area contributed by atoms with Gasteiger partial charge in [0.25, 0.3) is 0 Å². The number of nitrogens with one attached hydrogen (secondary N) is 1. The Morgan fingerprint density at radius 3 is 2.43 bits per heavy atom. The van der Waals surface area contributed by atoms with E-state index in [1.165, 1.54) is 6.54 Å². The van der Waals surface area contributed by atoms with Crippen LogP contribution in [-0.2, 0) is 0 Å². The second kappa shape index (κ2) is 7.60. The fraction of sp³-hybridized carbons (Fsp3) is 0.667. The van der Waals surface area contributed by atoms with Crippen LogP contribution in [0.1, 0.15) is 12.8 Å². The number of piperidine rings is 1. The third-order valence-corrected chi connectivity index (χ3v) is 5.31. The average Bonchev–Trinajstić information content (AvgIpc) is 2.57. The van der Waals surface area contributed by atoms with Gasteiger partial charge in [-0.05, 0) is 51.2 Å². The third-order valence-electron chi connectivity index (χ3n) is 5.31. The Kier molecular flexibility index (Phi) is 5.51. The molecule has 1 atom stereocenters. The van der Waals surface area contributed by atoms with Gasteiger partial charge >= 0.3 is 0 Å². The summed E-state index contributed by atoms with van der Waals surface area (Å²) in [6.45, 7) is 6.64. The number of hydrogen-bond acceptors (Lipinski definition) is 4. The lowest BCUT2D eigenvalue weighted by molar-refractivity contribution is 0.110. The van der Waals surface area contributed by atoms with Gasteiger partial charge in [-0.2, -0.15) is 0 Å². The van der Waals surface area contributed by atoms with E-state index >= 15 is 0 Å². The van der Waals surface area contributed by atoms with Crippen LogP contribution < -0.4 is 10.2 Å². The summed E-state index contributed by atoms with van der Waals surface area (Å²) in [5.41, 5.74) is 1.14. The van der Waals surface area contributed by atoms with Crippen LogP contribution in [0.15, 0.2) is 24.3 Å². The van der Waals surface area contributed by atoms with Crippen LogP contribution in [0.4, 0.5) is 10.1 Å². The van der Waals surface area contributed by atoms with Crippen molar-refractivity contribution in [1.82, 2.24) is 15.1 Å². The normalized spacial score (nSPS) is 25.0. The molecule has 0 bridgehead atoms. The number of likely N-dealkylation sites (N-methyl/N-ethyl adjacent to an activating group) is 2. The summed E-state index contributed by atoms with van der Waals surface area (Å²) in [6, 6.07) is 8.09. The van der Waals surface area contributed by atoms with Gasteiger partial charge in [-0.3, -0.25) is 4.90 Å². The minimum absolute atomic E-state index is 0.160. The van der Waals surface area contributed by atoms with E-state index in [-0.39, 0.29) is 5.82 Å². The van der Waals surface area contributed by atoms with Crippen molar-refractivity contribution < 1.29 is 4.39 Å². The topological polar surface area (TPSA) is 21.8 Å². The van der Waals surface area contributed by atoms with E-state index in [0.717, 1.165) is 51.3 Å². The molecule has 0 aliphatic carbocycles. The van der Waals surface area contributed by atoms with Crippen molar-refractivity contribution >= 4 is 5.69 Å². The van der Waals surface area contributed by atoms with Crippen LogP contribution in [-0.4, -0.2) is 75.2 Å². The molecule has 128 valence electrons. The molecule has 5 heteroatoms. The van der Waals surface area contributed by atoms with Crippen molar-refractivity contribution in [2.45, 2.75) is 24.9 Å². The molecule has 2 fully saturated rings. The first-order valence-corrected chi connectivity index (χ1v) is 8.74. The molecule has 2 saturated heterocycles. The Bertz CT molecular complexity index is 484. The summed E-state index contributed by atoms with van der Waals surface area (Å²) in [7, 11) is 4.44. The standard InChI is InChI=1S/C18H29FN4/c1-21-11-12-22(2)18(14-21)13-20-16-7-9-23(10-8-16)17-5-3-15(19)4-6-17/h3-6,16,18,20H,7-14H2,1-2H3. The molecule has 0 saturated carbocycles. The van der Waals surface area contributed by atoms with E-state index in [2.05, 4.69) is 34.1 Å². The van der Waals surface area contributed by atoms with Crippen LogP contribution in [0.5, 0.6) is 0 Å². The molecule has 2 aliphatic heterocycles. The van der Waals surface area contributed by atoms with Crippen LogP contribution in [0.2, 0.25) is 0 Å². The zero-order chi connectivity index (χ0) is 16.2. The second-order valence-electron chi connectivity index (χ2n) is 7.04. The third kappa shape index (κ3) is 4.43. The van der Waals surface area contributed by atoms with Gasteiger partial charge in [-0.15, -0.1) is 0 Å². The molecule has 23 heavy (non-hydrogen) atoms. The van der Waals surface area contributed by atoms with Crippen molar-refractivity contribution in [3.8, 4) is 0 Å². The zero-order valence-electron chi connectivity index (χ0n) is 14.3. The van der Waals surface area contributed by atoms with Gasteiger partial charge in [0.1, 0.15) is 5.82 Å². The molecule has 4 nitrogen and oxygen atoms in total. The van der Waals surface area contributed by atoms with Gasteiger partial charge in [0, 0.05) is 57.0 Å². The number of benzene rings is 1. The fourth-order valence-electron chi connectivity index (χ4n) is 3.62. The molecule has 0 radical (unpaired) electrons. The van der Waals surface area contributed by atoms with Gasteiger partial charge in [0.15, 0.2) is 0 Å². The average molecular weight is 320 g/mol. The highest BCUT2D eigenvalue weighted by Crippen LogP contribution is 2.20. The number of piperazine rings is 1. The maximum absolute atomic E-state index is 13.0. The highest BCUT2D eigenvalue weighted by atomic mass is 19.1.